The summed E-state index contributed by atoms with van der Waals surface area (Å²) in [6, 6.07) is 10.5. The minimum atomic E-state index is -3.82. The summed E-state index contributed by atoms with van der Waals surface area (Å²) >= 11 is 0. The summed E-state index contributed by atoms with van der Waals surface area (Å²) in [6.45, 7) is -0.535. The Labute approximate surface area is 135 Å². The molecule has 1 aromatic heterocycles. The van der Waals surface area contributed by atoms with E-state index in [9.17, 15) is 18.0 Å². The second-order valence-electron chi connectivity index (χ2n) is 5.42. The Morgan fingerprint density at radius 1 is 0.958 bits per heavy atom. The van der Waals surface area contributed by atoms with Gasteiger partial charge < -0.3 is 5.11 Å². The van der Waals surface area contributed by atoms with E-state index >= 15 is 0 Å². The first kappa shape index (κ1) is 14.9. The number of aromatic nitrogens is 2. The highest BCUT2D eigenvalue weighted by Gasteiger charge is 2.32. The topological polar surface area (TPSA) is 98.4 Å². The van der Waals surface area contributed by atoms with Gasteiger partial charge in [-0.1, -0.05) is 18.2 Å². The molecule has 0 saturated carbocycles. The largest absolute Gasteiger partial charge is 0.395 e. The zero-order chi connectivity index (χ0) is 17.1. The van der Waals surface area contributed by atoms with Crippen LogP contribution in [-0.4, -0.2) is 29.3 Å². The van der Waals surface area contributed by atoms with Crippen molar-refractivity contribution >= 4 is 20.7 Å². The number of hydrogen-bond donors (Lipinski definition) is 1. The van der Waals surface area contributed by atoms with Crippen molar-refractivity contribution < 1.29 is 13.5 Å². The van der Waals surface area contributed by atoms with Gasteiger partial charge in [0.25, 0.3) is 5.56 Å². The smallest absolute Gasteiger partial charge is 0.336 e. The number of rotatable bonds is 2. The van der Waals surface area contributed by atoms with Crippen LogP contribution in [0.5, 0.6) is 0 Å². The predicted octanol–water partition coefficient (Wildman–Crippen LogP) is 0.291. The van der Waals surface area contributed by atoms with Crippen LogP contribution in [0.1, 0.15) is 0 Å². The third-order valence-corrected chi connectivity index (χ3v) is 5.96. The minimum absolute atomic E-state index is 0.0151. The van der Waals surface area contributed by atoms with E-state index in [-0.39, 0.29) is 39.5 Å². The lowest BCUT2D eigenvalue weighted by molar-refractivity contribution is 0.271. The quantitative estimate of drug-likeness (QED) is 0.564. The zero-order valence-corrected chi connectivity index (χ0v) is 13.2. The maximum atomic E-state index is 12.9. The second kappa shape index (κ2) is 4.89. The summed E-state index contributed by atoms with van der Waals surface area (Å²) in [5.41, 5.74) is -0.994. The van der Waals surface area contributed by atoms with Gasteiger partial charge in [-0.25, -0.2) is 13.2 Å². The van der Waals surface area contributed by atoms with Gasteiger partial charge in [0, 0.05) is 0 Å². The lowest BCUT2D eigenvalue weighted by Gasteiger charge is -2.23. The molecule has 0 bridgehead atoms. The highest BCUT2D eigenvalue weighted by molar-refractivity contribution is 7.92. The van der Waals surface area contributed by atoms with Crippen LogP contribution in [0.3, 0.4) is 0 Å². The van der Waals surface area contributed by atoms with Crippen LogP contribution >= 0.6 is 0 Å². The summed E-state index contributed by atoms with van der Waals surface area (Å²) < 4.78 is 27.9. The number of para-hydroxylation sites is 2. The summed E-state index contributed by atoms with van der Waals surface area (Å²) in [5.74, 6) is 0. The molecule has 2 aromatic carbocycles. The fourth-order valence-corrected chi connectivity index (χ4v) is 4.74. The Morgan fingerprint density at radius 2 is 1.67 bits per heavy atom. The average Bonchev–Trinajstić information content (AvgIpc) is 2.58. The molecule has 1 aliphatic rings. The summed E-state index contributed by atoms with van der Waals surface area (Å²) in [7, 11) is -3.82. The molecule has 2 heterocycles. The molecular weight excluding hydrogens is 332 g/mol. The summed E-state index contributed by atoms with van der Waals surface area (Å²) in [6.07, 6.45) is 0. The van der Waals surface area contributed by atoms with Crippen molar-refractivity contribution in [2.45, 2.75) is 16.3 Å². The Bertz CT molecular complexity index is 1220. The van der Waals surface area contributed by atoms with E-state index in [0.29, 0.717) is 0 Å². The van der Waals surface area contributed by atoms with E-state index in [1.165, 1.54) is 34.9 Å². The van der Waals surface area contributed by atoms with E-state index < -0.39 is 21.1 Å². The van der Waals surface area contributed by atoms with Gasteiger partial charge in [-0.2, -0.15) is 0 Å². The summed E-state index contributed by atoms with van der Waals surface area (Å²) in [4.78, 5) is 25.3. The second-order valence-corrected chi connectivity index (χ2v) is 7.31. The number of aliphatic hydroxyl groups is 1. The molecule has 0 fully saturated rings. The first-order valence-electron chi connectivity index (χ1n) is 7.22. The third-order valence-electron chi connectivity index (χ3n) is 4.13. The van der Waals surface area contributed by atoms with Crippen molar-refractivity contribution in [3.05, 3.63) is 63.3 Å². The van der Waals surface area contributed by atoms with E-state index in [1.807, 2.05) is 0 Å². The molecule has 1 aliphatic heterocycles. The molecule has 24 heavy (non-hydrogen) atoms. The zero-order valence-electron chi connectivity index (χ0n) is 12.3. The van der Waals surface area contributed by atoms with Crippen LogP contribution in [-0.2, 0) is 16.4 Å². The molecule has 7 nitrogen and oxygen atoms in total. The fourth-order valence-electron chi connectivity index (χ4n) is 3.10. The van der Waals surface area contributed by atoms with Gasteiger partial charge in [-0.3, -0.25) is 13.9 Å². The van der Waals surface area contributed by atoms with E-state index in [0.717, 1.165) is 4.57 Å². The minimum Gasteiger partial charge on any atom is -0.395 e. The maximum absolute atomic E-state index is 12.9. The van der Waals surface area contributed by atoms with Crippen molar-refractivity contribution in [2.75, 3.05) is 6.61 Å². The van der Waals surface area contributed by atoms with Gasteiger partial charge in [-0.05, 0) is 24.3 Å². The van der Waals surface area contributed by atoms with Crippen LogP contribution < -0.4 is 11.2 Å². The molecule has 0 spiro atoms. The molecule has 0 saturated heterocycles. The maximum Gasteiger partial charge on any atom is 0.336 e. The number of nitrogens with zero attached hydrogens (tertiary/aromatic N) is 2. The highest BCUT2D eigenvalue weighted by Crippen LogP contribution is 2.35. The van der Waals surface area contributed by atoms with E-state index in [4.69, 9.17) is 5.11 Å². The normalized spacial score (nSPS) is 14.5. The Kier molecular flexibility index (Phi) is 3.03. The van der Waals surface area contributed by atoms with Crippen LogP contribution in [0.2, 0.25) is 0 Å². The molecule has 0 atom stereocenters. The Hall–Kier alpha value is -2.71. The standard InChI is InChI=1S/C16H12N2O5S/c19-9-8-17-15(20)10-4-3-7-13-14(10)18(16(17)21)11-5-1-2-6-12(11)24(13,22)23/h1-7,19H,8-9H2. The van der Waals surface area contributed by atoms with Gasteiger partial charge in [0.2, 0.25) is 9.84 Å². The van der Waals surface area contributed by atoms with Crippen molar-refractivity contribution in [1.82, 2.24) is 9.13 Å². The average molecular weight is 344 g/mol. The molecule has 0 aliphatic carbocycles. The fraction of sp³-hybridized carbons (Fsp3) is 0.125. The third kappa shape index (κ3) is 1.72. The van der Waals surface area contributed by atoms with Crippen LogP contribution in [0, 0.1) is 0 Å². The first-order chi connectivity index (χ1) is 11.5. The van der Waals surface area contributed by atoms with Crippen molar-refractivity contribution in [3.63, 3.8) is 0 Å². The molecule has 8 heteroatoms. The SMILES string of the molecule is O=c1c2cccc3c2n(c(=O)n1CCO)-c1ccccc1S3(=O)=O. The number of benzene rings is 2. The first-order valence-corrected chi connectivity index (χ1v) is 8.70. The molecule has 0 radical (unpaired) electrons. The number of aliphatic hydroxyl groups excluding tert-OH is 1. The predicted molar refractivity (Wildman–Crippen MR) is 86.3 cm³/mol. The monoisotopic (exact) mass is 344 g/mol. The number of fused-ring (bicyclic) bond motifs is 2. The molecule has 4 rings (SSSR count). The number of sulfone groups is 1. The van der Waals surface area contributed by atoms with Gasteiger partial charge in [0.15, 0.2) is 0 Å². The Balaban J connectivity index is 2.37. The molecule has 3 aromatic rings. The van der Waals surface area contributed by atoms with E-state index in [2.05, 4.69) is 0 Å². The summed E-state index contributed by atoms with van der Waals surface area (Å²) in [5, 5.41) is 9.27. The van der Waals surface area contributed by atoms with Gasteiger partial charge in [0.1, 0.15) is 0 Å². The van der Waals surface area contributed by atoms with Crippen molar-refractivity contribution in [3.8, 4) is 5.69 Å². The van der Waals surface area contributed by atoms with Crippen molar-refractivity contribution in [1.29, 1.82) is 0 Å². The van der Waals surface area contributed by atoms with Gasteiger partial charge in [0.05, 0.1) is 39.5 Å². The molecule has 1 N–H and O–H groups in total. The van der Waals surface area contributed by atoms with Gasteiger partial charge in [-0.15, -0.1) is 0 Å². The lowest BCUT2D eigenvalue weighted by Crippen LogP contribution is -2.41. The molecule has 0 unspecified atom stereocenters. The highest BCUT2D eigenvalue weighted by atomic mass is 32.2. The van der Waals surface area contributed by atoms with Crippen LogP contribution in [0.25, 0.3) is 16.6 Å². The molecular formula is C16H12N2O5S. The van der Waals surface area contributed by atoms with Crippen molar-refractivity contribution in [2.24, 2.45) is 0 Å². The molecule has 122 valence electrons. The van der Waals surface area contributed by atoms with Crippen LogP contribution in [0.15, 0.2) is 61.8 Å². The number of hydrogen-bond acceptors (Lipinski definition) is 5. The van der Waals surface area contributed by atoms with Crippen LogP contribution in [0.4, 0.5) is 0 Å². The molecule has 0 amide bonds. The lowest BCUT2D eigenvalue weighted by atomic mass is 10.2. The Morgan fingerprint density at radius 3 is 2.42 bits per heavy atom. The van der Waals surface area contributed by atoms with Gasteiger partial charge >= 0.3 is 5.69 Å². The van der Waals surface area contributed by atoms with E-state index in [1.54, 1.807) is 12.1 Å².